The molecule has 0 aliphatic heterocycles. The molecule has 0 saturated carbocycles. The largest absolute Gasteiger partial charge is 0.478 e. The van der Waals surface area contributed by atoms with Crippen LogP contribution < -0.4 is 16.1 Å². The van der Waals surface area contributed by atoms with Gasteiger partial charge in [0.1, 0.15) is 11.3 Å². The van der Waals surface area contributed by atoms with Gasteiger partial charge in [-0.1, -0.05) is 18.2 Å². The predicted molar refractivity (Wildman–Crippen MR) is 139 cm³/mol. The Balaban J connectivity index is 1.88. The van der Waals surface area contributed by atoms with Crippen molar-refractivity contribution < 1.29 is 14.3 Å². The lowest BCUT2D eigenvalue weighted by Crippen LogP contribution is -2.15. The number of hydrogen-bond donors (Lipinski definition) is 4. The fourth-order valence-corrected chi connectivity index (χ4v) is 4.25. The molecule has 1 atom stereocenters. The van der Waals surface area contributed by atoms with Crippen molar-refractivity contribution in [2.24, 2.45) is 0 Å². The van der Waals surface area contributed by atoms with Gasteiger partial charge in [0.25, 0.3) is 0 Å². The van der Waals surface area contributed by atoms with Gasteiger partial charge in [0, 0.05) is 41.2 Å². The molecule has 178 valence electrons. The zero-order valence-electron chi connectivity index (χ0n) is 20.0. The number of allylic oxidation sites excluding steroid dienone is 5. The third-order valence-electron chi connectivity index (χ3n) is 6.00. The summed E-state index contributed by atoms with van der Waals surface area (Å²) in [6.45, 7) is 5.56. The van der Waals surface area contributed by atoms with E-state index in [1.165, 1.54) is 0 Å². The number of rotatable bonds is 6. The maximum absolute atomic E-state index is 13.4. The van der Waals surface area contributed by atoms with Crippen molar-refractivity contribution in [1.29, 1.82) is 5.41 Å². The van der Waals surface area contributed by atoms with Gasteiger partial charge in [-0.15, -0.1) is 0 Å². The number of carboxylic acid groups (broad SMARTS) is 1. The molecule has 0 radical (unpaired) electrons. The van der Waals surface area contributed by atoms with Crippen LogP contribution >= 0.6 is 0 Å². The first-order valence-corrected chi connectivity index (χ1v) is 11.2. The van der Waals surface area contributed by atoms with Crippen molar-refractivity contribution in [2.75, 3.05) is 12.4 Å². The molecule has 4 rings (SSSR count). The van der Waals surface area contributed by atoms with E-state index < -0.39 is 5.97 Å². The monoisotopic (exact) mass is 469 g/mol. The summed E-state index contributed by atoms with van der Waals surface area (Å²) in [6.07, 6.45) is 6.98. The Kier molecular flexibility index (Phi) is 6.42. The van der Waals surface area contributed by atoms with E-state index in [4.69, 9.17) is 9.83 Å². The highest BCUT2D eigenvalue weighted by Crippen LogP contribution is 2.32. The maximum Gasteiger partial charge on any atom is 0.337 e. The van der Waals surface area contributed by atoms with Crippen LogP contribution in [0.1, 0.15) is 45.8 Å². The number of fused-ring (bicyclic) bond motifs is 1. The van der Waals surface area contributed by atoms with Gasteiger partial charge < -0.3 is 25.6 Å². The van der Waals surface area contributed by atoms with Crippen LogP contribution in [0.4, 0.5) is 5.69 Å². The summed E-state index contributed by atoms with van der Waals surface area (Å²) in [7, 11) is 1.76. The summed E-state index contributed by atoms with van der Waals surface area (Å²) in [6, 6.07) is 10.1. The minimum atomic E-state index is -1.02. The molecule has 7 heteroatoms. The van der Waals surface area contributed by atoms with Gasteiger partial charge in [0.05, 0.1) is 22.7 Å². The highest BCUT2D eigenvalue weighted by atomic mass is 16.4. The Labute approximate surface area is 203 Å². The van der Waals surface area contributed by atoms with E-state index in [-0.39, 0.29) is 17.0 Å². The number of nitrogens with one attached hydrogen (secondary N) is 3. The van der Waals surface area contributed by atoms with Crippen LogP contribution in [0.15, 0.2) is 75.6 Å². The summed E-state index contributed by atoms with van der Waals surface area (Å²) in [5.74, 6) is -0.581. The molecule has 0 bridgehead atoms. The van der Waals surface area contributed by atoms with Crippen LogP contribution in [0.2, 0.25) is 0 Å². The highest BCUT2D eigenvalue weighted by Gasteiger charge is 2.21. The van der Waals surface area contributed by atoms with Gasteiger partial charge >= 0.3 is 5.97 Å². The second-order valence-corrected chi connectivity index (χ2v) is 8.57. The van der Waals surface area contributed by atoms with Crippen molar-refractivity contribution in [3.8, 4) is 0 Å². The Morgan fingerprint density at radius 1 is 1.17 bits per heavy atom. The smallest absolute Gasteiger partial charge is 0.337 e. The Morgan fingerprint density at radius 3 is 2.63 bits per heavy atom. The lowest BCUT2D eigenvalue weighted by atomic mass is 9.95. The number of para-hydroxylation sites is 1. The predicted octanol–water partition coefficient (Wildman–Crippen LogP) is 5.36. The molecule has 1 heterocycles. The van der Waals surface area contributed by atoms with Crippen molar-refractivity contribution in [1.82, 2.24) is 5.32 Å². The Morgan fingerprint density at radius 2 is 1.91 bits per heavy atom. The van der Waals surface area contributed by atoms with Gasteiger partial charge in [-0.05, 0) is 62.8 Å². The molecular weight excluding hydrogens is 442 g/mol. The number of carboxylic acids is 1. The third kappa shape index (κ3) is 4.53. The molecule has 0 saturated heterocycles. The molecule has 1 aliphatic carbocycles. The van der Waals surface area contributed by atoms with Gasteiger partial charge in [0.15, 0.2) is 5.43 Å². The van der Waals surface area contributed by atoms with Gasteiger partial charge in [0.2, 0.25) is 0 Å². The zero-order valence-corrected chi connectivity index (χ0v) is 20.0. The van der Waals surface area contributed by atoms with Crippen molar-refractivity contribution >= 4 is 33.9 Å². The molecule has 1 aromatic heterocycles. The van der Waals surface area contributed by atoms with Gasteiger partial charge in [-0.3, -0.25) is 4.79 Å². The average molecular weight is 470 g/mol. The van der Waals surface area contributed by atoms with Gasteiger partial charge in [-0.2, -0.15) is 0 Å². The Bertz CT molecular complexity index is 1510. The minimum Gasteiger partial charge on any atom is -0.478 e. The lowest BCUT2D eigenvalue weighted by Gasteiger charge is -2.20. The fourth-order valence-electron chi connectivity index (χ4n) is 4.25. The number of hydrogen-bond acceptors (Lipinski definition) is 6. The van der Waals surface area contributed by atoms with E-state index in [0.717, 1.165) is 11.1 Å². The van der Waals surface area contributed by atoms with E-state index >= 15 is 0 Å². The van der Waals surface area contributed by atoms with Crippen LogP contribution in [-0.2, 0) is 0 Å². The molecule has 35 heavy (non-hydrogen) atoms. The third-order valence-corrected chi connectivity index (χ3v) is 6.00. The first kappa shape index (κ1) is 23.8. The summed E-state index contributed by atoms with van der Waals surface area (Å²) in [4.78, 5) is 25.1. The van der Waals surface area contributed by atoms with Crippen LogP contribution in [-0.4, -0.2) is 23.8 Å². The standard InChI is InChI=1S/C28H27N3O4/c1-15-11-21(17(3)31-24-8-6-5-7-20(24)28(33)34)27-22(12-15)25(32)16(2)26(35-27)18-9-10-23(29)19(13-18)14-30-4/h5-14,17,29-31H,1-4H3,(H,33,34)/b19-14-,29-23?. The van der Waals surface area contributed by atoms with E-state index in [1.807, 2.05) is 32.1 Å². The fraction of sp³-hybridized carbons (Fsp3) is 0.179. The molecule has 0 amide bonds. The average Bonchev–Trinajstić information content (AvgIpc) is 2.83. The molecule has 0 fully saturated rings. The molecule has 0 spiro atoms. The zero-order chi connectivity index (χ0) is 25.3. The molecule has 3 aromatic rings. The minimum absolute atomic E-state index is 0.126. The first-order valence-electron chi connectivity index (χ1n) is 11.2. The summed E-state index contributed by atoms with van der Waals surface area (Å²) in [5, 5.41) is 24.4. The van der Waals surface area contributed by atoms with E-state index in [0.29, 0.717) is 44.8 Å². The van der Waals surface area contributed by atoms with Crippen molar-refractivity contribution in [2.45, 2.75) is 26.8 Å². The van der Waals surface area contributed by atoms with Crippen LogP contribution in [0, 0.1) is 19.3 Å². The quantitative estimate of drug-likeness (QED) is 0.386. The number of aryl methyl sites for hydroxylation is 1. The normalized spacial score (nSPS) is 15.3. The van der Waals surface area contributed by atoms with Crippen LogP contribution in [0.5, 0.6) is 0 Å². The summed E-state index contributed by atoms with van der Waals surface area (Å²) >= 11 is 0. The van der Waals surface area contributed by atoms with E-state index in [2.05, 4.69) is 10.6 Å². The molecule has 1 aliphatic rings. The molecule has 7 nitrogen and oxygen atoms in total. The van der Waals surface area contributed by atoms with Crippen molar-refractivity contribution in [3.63, 3.8) is 0 Å². The molecule has 4 N–H and O–H groups in total. The topological polar surface area (TPSA) is 115 Å². The number of benzene rings is 2. The van der Waals surface area contributed by atoms with E-state index in [9.17, 15) is 14.7 Å². The number of carbonyl (C=O) groups is 1. The highest BCUT2D eigenvalue weighted by molar-refractivity contribution is 6.13. The number of aromatic carboxylic acids is 1. The Hall–Kier alpha value is -4.39. The molecule has 2 aromatic carbocycles. The lowest BCUT2D eigenvalue weighted by molar-refractivity contribution is 0.0698. The van der Waals surface area contributed by atoms with Crippen LogP contribution in [0.3, 0.4) is 0 Å². The second-order valence-electron chi connectivity index (χ2n) is 8.57. The van der Waals surface area contributed by atoms with Crippen LogP contribution in [0.25, 0.3) is 16.5 Å². The van der Waals surface area contributed by atoms with E-state index in [1.54, 1.807) is 56.6 Å². The summed E-state index contributed by atoms with van der Waals surface area (Å²) in [5.41, 5.74) is 4.83. The molecule has 1 unspecified atom stereocenters. The summed E-state index contributed by atoms with van der Waals surface area (Å²) < 4.78 is 6.40. The first-order chi connectivity index (χ1) is 16.7. The van der Waals surface area contributed by atoms with Crippen molar-refractivity contribution in [3.05, 3.63) is 105 Å². The second kappa shape index (κ2) is 9.46. The SMILES string of the molecule is CN/C=C1/C=C(c2oc3c(C(C)Nc4ccccc4C(=O)O)cc(C)cc3c(=O)c2C)C=CC1=N. The maximum atomic E-state index is 13.4. The van der Waals surface area contributed by atoms with Gasteiger partial charge in [-0.25, -0.2) is 4.79 Å². The molecular formula is C28H27N3O4. The number of anilines is 1.